The lowest BCUT2D eigenvalue weighted by atomic mass is 10.2. The van der Waals surface area contributed by atoms with Crippen LogP contribution in [0.2, 0.25) is 5.02 Å². The van der Waals surface area contributed by atoms with E-state index >= 15 is 0 Å². The Labute approximate surface area is 120 Å². The molecule has 0 heterocycles. The monoisotopic (exact) mass is 290 g/mol. The molecule has 0 saturated heterocycles. The summed E-state index contributed by atoms with van der Waals surface area (Å²) in [4.78, 5) is 11.7. The average Bonchev–Trinajstić information content (AvgIpc) is 2.43. The first-order valence-corrected chi connectivity index (χ1v) is 6.05. The van der Waals surface area contributed by atoms with E-state index in [4.69, 9.17) is 16.7 Å². The zero-order valence-electron chi connectivity index (χ0n) is 10.2. The molecular formula is C14H11ClN2O3. The Hall–Kier alpha value is -2.53. The number of hydrogen-bond acceptors (Lipinski definition) is 4. The Morgan fingerprint density at radius 3 is 2.50 bits per heavy atom. The number of amides is 1. The van der Waals surface area contributed by atoms with Crippen molar-refractivity contribution in [3.8, 4) is 11.5 Å². The maximum absolute atomic E-state index is 11.7. The highest BCUT2D eigenvalue weighted by Crippen LogP contribution is 2.22. The van der Waals surface area contributed by atoms with Gasteiger partial charge in [-0.1, -0.05) is 11.6 Å². The first-order chi connectivity index (χ1) is 9.56. The van der Waals surface area contributed by atoms with Gasteiger partial charge in [0.2, 0.25) is 0 Å². The van der Waals surface area contributed by atoms with Gasteiger partial charge in [-0.25, -0.2) is 5.43 Å². The topological polar surface area (TPSA) is 81.9 Å². The van der Waals surface area contributed by atoms with Gasteiger partial charge in [-0.05, 0) is 48.0 Å². The quantitative estimate of drug-likeness (QED) is 0.600. The molecule has 0 bridgehead atoms. The first-order valence-electron chi connectivity index (χ1n) is 5.67. The number of halogens is 1. The van der Waals surface area contributed by atoms with Crippen molar-refractivity contribution in [3.63, 3.8) is 0 Å². The highest BCUT2D eigenvalue weighted by molar-refractivity contribution is 6.32. The molecule has 0 fully saturated rings. The summed E-state index contributed by atoms with van der Waals surface area (Å²) < 4.78 is 0. The molecule has 3 N–H and O–H groups in total. The van der Waals surface area contributed by atoms with Gasteiger partial charge >= 0.3 is 0 Å². The van der Waals surface area contributed by atoms with Crippen LogP contribution in [0.3, 0.4) is 0 Å². The lowest BCUT2D eigenvalue weighted by molar-refractivity contribution is 0.0955. The number of aromatic hydroxyl groups is 2. The molecule has 2 aromatic carbocycles. The molecule has 0 aliphatic carbocycles. The molecular weight excluding hydrogens is 280 g/mol. The van der Waals surface area contributed by atoms with Gasteiger partial charge in [0.25, 0.3) is 5.91 Å². The molecule has 0 atom stereocenters. The second kappa shape index (κ2) is 6.08. The van der Waals surface area contributed by atoms with Crippen molar-refractivity contribution in [1.29, 1.82) is 0 Å². The molecule has 102 valence electrons. The normalized spacial score (nSPS) is 10.7. The Bertz CT molecular complexity index is 654. The third kappa shape index (κ3) is 3.49. The number of carbonyl (C=O) groups is 1. The third-order valence-corrected chi connectivity index (χ3v) is 2.78. The molecule has 1 amide bonds. The van der Waals surface area contributed by atoms with Crippen molar-refractivity contribution in [1.82, 2.24) is 5.43 Å². The van der Waals surface area contributed by atoms with E-state index in [0.717, 1.165) is 0 Å². The van der Waals surface area contributed by atoms with Crippen LogP contribution < -0.4 is 5.43 Å². The number of phenolic OH excluding ortho intramolecular Hbond substituents is 2. The van der Waals surface area contributed by atoms with Gasteiger partial charge in [-0.15, -0.1) is 0 Å². The van der Waals surface area contributed by atoms with Crippen LogP contribution >= 0.6 is 11.6 Å². The van der Waals surface area contributed by atoms with E-state index in [0.29, 0.717) is 11.1 Å². The Kier molecular flexibility index (Phi) is 4.22. The molecule has 0 spiro atoms. The number of nitrogens with zero attached hydrogens (tertiary/aromatic N) is 1. The molecule has 0 saturated carbocycles. The minimum Gasteiger partial charge on any atom is -0.508 e. The average molecular weight is 291 g/mol. The van der Waals surface area contributed by atoms with Crippen molar-refractivity contribution < 1.29 is 15.0 Å². The number of carbonyl (C=O) groups excluding carboxylic acids is 1. The van der Waals surface area contributed by atoms with Gasteiger partial charge in [0, 0.05) is 5.56 Å². The second-order valence-electron chi connectivity index (χ2n) is 3.96. The number of benzene rings is 2. The smallest absolute Gasteiger partial charge is 0.271 e. The summed E-state index contributed by atoms with van der Waals surface area (Å²) in [7, 11) is 0. The Morgan fingerprint density at radius 2 is 1.85 bits per heavy atom. The number of hydrogen-bond donors (Lipinski definition) is 3. The van der Waals surface area contributed by atoms with Gasteiger partial charge in [-0.2, -0.15) is 5.10 Å². The lowest BCUT2D eigenvalue weighted by Gasteiger charge is -2.00. The lowest BCUT2D eigenvalue weighted by Crippen LogP contribution is -2.17. The molecule has 5 nitrogen and oxygen atoms in total. The summed E-state index contributed by atoms with van der Waals surface area (Å²) in [6.45, 7) is 0. The summed E-state index contributed by atoms with van der Waals surface area (Å²) in [6.07, 6.45) is 1.41. The van der Waals surface area contributed by atoms with Crippen LogP contribution in [0.15, 0.2) is 47.6 Å². The molecule has 0 aliphatic heterocycles. The van der Waals surface area contributed by atoms with Crippen molar-refractivity contribution in [3.05, 3.63) is 58.6 Å². The summed E-state index contributed by atoms with van der Waals surface area (Å²) >= 11 is 5.74. The highest BCUT2D eigenvalue weighted by Gasteiger charge is 2.03. The van der Waals surface area contributed by atoms with Crippen LogP contribution in [0.4, 0.5) is 0 Å². The first kappa shape index (κ1) is 13.9. The number of phenols is 2. The van der Waals surface area contributed by atoms with Gasteiger partial charge < -0.3 is 10.2 Å². The summed E-state index contributed by atoms with van der Waals surface area (Å²) in [5, 5.41) is 22.4. The van der Waals surface area contributed by atoms with Gasteiger partial charge in [-0.3, -0.25) is 4.79 Å². The van der Waals surface area contributed by atoms with E-state index in [1.54, 1.807) is 6.07 Å². The highest BCUT2D eigenvalue weighted by atomic mass is 35.5. The van der Waals surface area contributed by atoms with Crippen LogP contribution in [-0.2, 0) is 0 Å². The Morgan fingerprint density at radius 1 is 1.15 bits per heavy atom. The second-order valence-corrected chi connectivity index (χ2v) is 4.36. The van der Waals surface area contributed by atoms with Crippen molar-refractivity contribution in [2.24, 2.45) is 5.10 Å². The van der Waals surface area contributed by atoms with E-state index in [-0.39, 0.29) is 16.5 Å². The molecule has 0 radical (unpaired) electrons. The minimum absolute atomic E-state index is 0.0167. The molecule has 2 aromatic rings. The molecule has 2 rings (SSSR count). The molecule has 0 aliphatic rings. The number of hydrazone groups is 1. The zero-order chi connectivity index (χ0) is 14.5. The SMILES string of the molecule is O=C(N/N=C\c1ccc(O)c(Cl)c1)c1ccc(O)cc1. The zero-order valence-corrected chi connectivity index (χ0v) is 11.0. The van der Waals surface area contributed by atoms with E-state index in [9.17, 15) is 9.90 Å². The van der Waals surface area contributed by atoms with E-state index < -0.39 is 5.91 Å². The van der Waals surface area contributed by atoms with E-state index in [1.165, 1.54) is 42.6 Å². The van der Waals surface area contributed by atoms with Crippen molar-refractivity contribution in [2.75, 3.05) is 0 Å². The van der Waals surface area contributed by atoms with Crippen molar-refractivity contribution in [2.45, 2.75) is 0 Å². The minimum atomic E-state index is -0.397. The van der Waals surface area contributed by atoms with Gasteiger partial charge in [0.1, 0.15) is 11.5 Å². The maximum Gasteiger partial charge on any atom is 0.271 e. The van der Waals surface area contributed by atoms with Gasteiger partial charge in [0.15, 0.2) is 0 Å². The third-order valence-electron chi connectivity index (χ3n) is 2.48. The molecule has 0 unspecified atom stereocenters. The van der Waals surface area contributed by atoms with Crippen LogP contribution in [0, 0.1) is 0 Å². The van der Waals surface area contributed by atoms with E-state index in [1.807, 2.05) is 0 Å². The van der Waals surface area contributed by atoms with E-state index in [2.05, 4.69) is 10.5 Å². The van der Waals surface area contributed by atoms with Gasteiger partial charge in [0.05, 0.1) is 11.2 Å². The Balaban J connectivity index is 2.00. The maximum atomic E-state index is 11.7. The molecule has 0 aromatic heterocycles. The fourth-order valence-electron chi connectivity index (χ4n) is 1.45. The standard InChI is InChI=1S/C14H11ClN2O3/c15-12-7-9(1-6-13(12)19)8-16-17-14(20)10-2-4-11(18)5-3-10/h1-8,18-19H,(H,17,20)/b16-8-. The summed E-state index contributed by atoms with van der Waals surface area (Å²) in [5.74, 6) is -0.327. The number of rotatable bonds is 3. The fourth-order valence-corrected chi connectivity index (χ4v) is 1.64. The fraction of sp³-hybridized carbons (Fsp3) is 0. The summed E-state index contributed by atoms with van der Waals surface area (Å²) in [5.41, 5.74) is 3.36. The van der Waals surface area contributed by atoms with Crippen LogP contribution in [0.25, 0.3) is 0 Å². The summed E-state index contributed by atoms with van der Waals surface area (Å²) in [6, 6.07) is 10.4. The largest absolute Gasteiger partial charge is 0.508 e. The van der Waals surface area contributed by atoms with Crippen LogP contribution in [-0.4, -0.2) is 22.3 Å². The predicted molar refractivity (Wildman–Crippen MR) is 76.3 cm³/mol. The predicted octanol–water partition coefficient (Wildman–Crippen LogP) is 2.52. The molecule has 6 heteroatoms. The number of nitrogens with one attached hydrogen (secondary N) is 1. The molecule has 20 heavy (non-hydrogen) atoms. The van der Waals surface area contributed by atoms with Crippen LogP contribution in [0.1, 0.15) is 15.9 Å². The van der Waals surface area contributed by atoms with Crippen molar-refractivity contribution >= 4 is 23.7 Å². The van der Waals surface area contributed by atoms with Crippen LogP contribution in [0.5, 0.6) is 11.5 Å².